The molecule has 2 fully saturated rings. The molecule has 0 radical (unpaired) electrons. The van der Waals surface area contributed by atoms with Crippen molar-refractivity contribution in [2.24, 2.45) is 0 Å². The van der Waals surface area contributed by atoms with Gasteiger partial charge in [0.05, 0.1) is 16.3 Å². The first kappa shape index (κ1) is 25.6. The standard InChI is InChI=1S/C26H31N7O2S/c1-3-13-27-17(2)23-18(5-4-14-28-23)16-30-19-6-8-20(9-7-19)31-25-29-15-12-21(32-25)10-11-22-24(34)33-26(35)36-22/h3-5,11-15,19-20,27,30H,2,6-10,16H2,1H3,(H,29,31,32)(H,33,34,35)/b13-3-,22-11-. The summed E-state index contributed by atoms with van der Waals surface area (Å²) >= 11 is 0.916. The predicted octanol–water partition coefficient (Wildman–Crippen LogP) is 3.89. The van der Waals surface area contributed by atoms with Crippen LogP contribution in [-0.2, 0) is 17.8 Å². The number of nitrogens with one attached hydrogen (secondary N) is 4. The lowest BCUT2D eigenvalue weighted by atomic mass is 9.91. The van der Waals surface area contributed by atoms with E-state index in [-0.39, 0.29) is 11.1 Å². The van der Waals surface area contributed by atoms with Crippen molar-refractivity contribution < 1.29 is 9.59 Å². The number of amides is 2. The average molecular weight is 506 g/mol. The Morgan fingerprint density at radius 3 is 2.72 bits per heavy atom. The topological polar surface area (TPSA) is 121 Å². The second-order valence-corrected chi connectivity index (χ2v) is 9.71. The van der Waals surface area contributed by atoms with E-state index in [0.717, 1.165) is 66.6 Å². The third kappa shape index (κ3) is 7.02. The summed E-state index contributed by atoms with van der Waals surface area (Å²) in [6, 6.07) is 6.60. The van der Waals surface area contributed by atoms with Gasteiger partial charge in [-0.3, -0.25) is 19.9 Å². The van der Waals surface area contributed by atoms with Crippen LogP contribution in [0.2, 0.25) is 0 Å². The zero-order chi connectivity index (χ0) is 25.3. The second kappa shape index (κ2) is 12.5. The summed E-state index contributed by atoms with van der Waals surface area (Å²) in [4.78, 5) is 36.8. The Labute approximate surface area is 215 Å². The van der Waals surface area contributed by atoms with Crippen LogP contribution in [-0.4, -0.2) is 38.2 Å². The number of carbonyl (C=O) groups is 2. The molecule has 4 N–H and O–H groups in total. The molecule has 36 heavy (non-hydrogen) atoms. The van der Waals surface area contributed by atoms with Gasteiger partial charge in [0.15, 0.2) is 0 Å². The first-order chi connectivity index (χ1) is 17.5. The number of thioether (sulfide) groups is 1. The van der Waals surface area contributed by atoms with Crippen molar-refractivity contribution in [3.63, 3.8) is 0 Å². The fourth-order valence-electron chi connectivity index (χ4n) is 4.22. The molecule has 2 amide bonds. The number of rotatable bonds is 10. The van der Waals surface area contributed by atoms with Crippen molar-refractivity contribution in [1.29, 1.82) is 0 Å². The highest BCUT2D eigenvalue weighted by Gasteiger charge is 2.25. The van der Waals surface area contributed by atoms with Gasteiger partial charge in [0.25, 0.3) is 11.1 Å². The number of aromatic nitrogens is 3. The number of imide groups is 1. The minimum atomic E-state index is -0.349. The highest BCUT2D eigenvalue weighted by atomic mass is 32.2. The molecule has 2 aliphatic rings. The van der Waals surface area contributed by atoms with Crippen LogP contribution in [0, 0.1) is 0 Å². The molecular weight excluding hydrogens is 474 g/mol. The van der Waals surface area contributed by atoms with E-state index in [9.17, 15) is 9.59 Å². The lowest BCUT2D eigenvalue weighted by molar-refractivity contribution is -0.115. The van der Waals surface area contributed by atoms with Gasteiger partial charge in [-0.1, -0.05) is 24.8 Å². The smallest absolute Gasteiger partial charge is 0.290 e. The Hall–Kier alpha value is -3.50. The minimum Gasteiger partial charge on any atom is -0.361 e. The SMILES string of the molecule is C=C(N/C=C\C)c1ncccc1CNC1CCC(Nc2nccc(C/C=C3\SC(=O)NC3=O)n2)CC1. The summed E-state index contributed by atoms with van der Waals surface area (Å²) in [5.74, 6) is 0.242. The number of pyridine rings is 1. The van der Waals surface area contributed by atoms with Gasteiger partial charge in [-0.05, 0) is 68.3 Å². The van der Waals surface area contributed by atoms with Crippen molar-refractivity contribution in [3.05, 3.63) is 77.4 Å². The molecule has 188 valence electrons. The van der Waals surface area contributed by atoms with E-state index in [1.807, 2.05) is 31.3 Å². The van der Waals surface area contributed by atoms with Crippen molar-refractivity contribution in [3.8, 4) is 0 Å². The maximum absolute atomic E-state index is 11.7. The molecule has 0 atom stereocenters. The molecule has 1 aliphatic carbocycles. The Bertz CT molecular complexity index is 1170. The van der Waals surface area contributed by atoms with E-state index in [4.69, 9.17) is 0 Å². The van der Waals surface area contributed by atoms with Crippen molar-refractivity contribution >= 4 is 34.6 Å². The third-order valence-corrected chi connectivity index (χ3v) is 6.95. The predicted molar refractivity (Wildman–Crippen MR) is 143 cm³/mol. The maximum Gasteiger partial charge on any atom is 0.290 e. The van der Waals surface area contributed by atoms with Crippen LogP contribution in [0.4, 0.5) is 10.7 Å². The zero-order valence-corrected chi connectivity index (χ0v) is 21.1. The molecule has 0 spiro atoms. The number of carbonyl (C=O) groups excluding carboxylic acids is 2. The van der Waals surface area contributed by atoms with Crippen LogP contribution < -0.4 is 21.3 Å². The largest absolute Gasteiger partial charge is 0.361 e. The van der Waals surface area contributed by atoms with Crippen LogP contribution in [0.25, 0.3) is 5.70 Å². The van der Waals surface area contributed by atoms with E-state index in [1.165, 1.54) is 0 Å². The van der Waals surface area contributed by atoms with Gasteiger partial charge >= 0.3 is 0 Å². The second-order valence-electron chi connectivity index (χ2n) is 8.70. The van der Waals surface area contributed by atoms with E-state index >= 15 is 0 Å². The Balaban J connectivity index is 1.25. The molecule has 1 saturated carbocycles. The summed E-state index contributed by atoms with van der Waals surface area (Å²) in [6.07, 6.45) is 13.6. The molecule has 1 aliphatic heterocycles. The Kier molecular flexibility index (Phi) is 8.85. The number of hydrogen-bond donors (Lipinski definition) is 4. The molecule has 0 aromatic carbocycles. The van der Waals surface area contributed by atoms with Gasteiger partial charge in [0, 0.05) is 43.1 Å². The fourth-order valence-corrected chi connectivity index (χ4v) is 4.87. The van der Waals surface area contributed by atoms with Gasteiger partial charge in [0.2, 0.25) is 5.95 Å². The molecule has 10 heteroatoms. The van der Waals surface area contributed by atoms with Crippen molar-refractivity contribution in [2.75, 3.05) is 5.32 Å². The minimum absolute atomic E-state index is 0.309. The molecule has 0 unspecified atom stereocenters. The first-order valence-corrected chi connectivity index (χ1v) is 12.9. The molecule has 2 aromatic rings. The average Bonchev–Trinajstić information content (AvgIpc) is 3.22. The lowest BCUT2D eigenvalue weighted by Crippen LogP contribution is -2.37. The molecule has 3 heterocycles. The highest BCUT2D eigenvalue weighted by molar-refractivity contribution is 8.18. The summed E-state index contributed by atoms with van der Waals surface area (Å²) in [7, 11) is 0. The van der Waals surface area contributed by atoms with Crippen LogP contribution >= 0.6 is 11.8 Å². The molecular formula is C26H31N7O2S. The van der Waals surface area contributed by atoms with Crippen LogP contribution in [0.15, 0.2) is 60.4 Å². The van der Waals surface area contributed by atoms with Crippen LogP contribution in [0.1, 0.15) is 49.6 Å². The van der Waals surface area contributed by atoms with Crippen LogP contribution in [0.3, 0.4) is 0 Å². The van der Waals surface area contributed by atoms with E-state index < -0.39 is 0 Å². The maximum atomic E-state index is 11.7. The number of allylic oxidation sites excluding steroid dienone is 2. The quantitative estimate of drug-likeness (QED) is 0.356. The van der Waals surface area contributed by atoms with Crippen molar-refractivity contribution in [2.45, 2.75) is 57.7 Å². The number of nitrogens with zero attached hydrogens (tertiary/aromatic N) is 3. The third-order valence-electron chi connectivity index (χ3n) is 6.09. The molecule has 0 bridgehead atoms. The van der Waals surface area contributed by atoms with Crippen LogP contribution in [0.5, 0.6) is 0 Å². The van der Waals surface area contributed by atoms with E-state index in [0.29, 0.717) is 29.4 Å². The monoisotopic (exact) mass is 505 g/mol. The first-order valence-electron chi connectivity index (χ1n) is 12.1. The van der Waals surface area contributed by atoms with E-state index in [1.54, 1.807) is 18.5 Å². The normalized spacial score (nSPS) is 21.1. The van der Waals surface area contributed by atoms with Crippen molar-refractivity contribution in [1.82, 2.24) is 30.9 Å². The van der Waals surface area contributed by atoms with Gasteiger partial charge in [-0.2, -0.15) is 0 Å². The Morgan fingerprint density at radius 1 is 1.17 bits per heavy atom. The van der Waals surface area contributed by atoms with Gasteiger partial charge < -0.3 is 16.0 Å². The molecule has 4 rings (SSSR count). The summed E-state index contributed by atoms with van der Waals surface area (Å²) in [5, 5.41) is 12.2. The molecule has 9 nitrogen and oxygen atoms in total. The van der Waals surface area contributed by atoms with Gasteiger partial charge in [0.1, 0.15) is 0 Å². The summed E-state index contributed by atoms with van der Waals surface area (Å²) in [6.45, 7) is 6.80. The number of hydrogen-bond acceptors (Lipinski definition) is 9. The van der Waals surface area contributed by atoms with Gasteiger partial charge in [-0.15, -0.1) is 0 Å². The highest BCUT2D eigenvalue weighted by Crippen LogP contribution is 2.24. The molecule has 1 saturated heterocycles. The van der Waals surface area contributed by atoms with E-state index in [2.05, 4.69) is 48.9 Å². The lowest BCUT2D eigenvalue weighted by Gasteiger charge is -2.30. The fraction of sp³-hybridized carbons (Fsp3) is 0.346. The summed E-state index contributed by atoms with van der Waals surface area (Å²) < 4.78 is 0. The zero-order valence-electron chi connectivity index (χ0n) is 20.3. The molecule has 2 aromatic heterocycles. The van der Waals surface area contributed by atoms with Gasteiger partial charge in [-0.25, -0.2) is 9.97 Å². The Morgan fingerprint density at radius 2 is 1.97 bits per heavy atom. The number of anilines is 1. The summed E-state index contributed by atoms with van der Waals surface area (Å²) in [5.41, 5.74) is 3.58.